The topological polar surface area (TPSA) is 214 Å². The molecule has 2 atom stereocenters. The number of rotatable bonds is 20. The molecule has 2 aliphatic rings. The molecule has 6 N–H and O–H groups in total. The summed E-state index contributed by atoms with van der Waals surface area (Å²) in [5.74, 6) is 1.80. The highest BCUT2D eigenvalue weighted by Gasteiger charge is 2.35. The second-order valence-corrected chi connectivity index (χ2v) is 28.1. The molecule has 2 unspecified atom stereocenters. The van der Waals surface area contributed by atoms with Gasteiger partial charge < -0.3 is 44.8 Å². The van der Waals surface area contributed by atoms with Crippen molar-refractivity contribution in [1.82, 2.24) is 55.9 Å². The third kappa shape index (κ3) is 19.7. The number of aromatic amines is 2. The monoisotopic (exact) mass is 1360 g/mol. The van der Waals surface area contributed by atoms with Crippen molar-refractivity contribution in [2.45, 2.75) is 171 Å². The van der Waals surface area contributed by atoms with Crippen molar-refractivity contribution in [3.8, 4) is 22.5 Å². The molecule has 0 aliphatic carbocycles. The molecule has 4 amide bonds. The zero-order valence-corrected chi connectivity index (χ0v) is 62.1. The van der Waals surface area contributed by atoms with Gasteiger partial charge in [-0.3, -0.25) is 35.2 Å². The number of H-pyrrole nitrogens is 2. The molecule has 18 nitrogen and oxygen atoms in total. The number of guanidine groups is 1. The molecule has 10 rings (SSSR count). The summed E-state index contributed by atoms with van der Waals surface area (Å²) in [4.78, 5) is 78.2. The molecule has 0 saturated carbocycles. The average Bonchev–Trinajstić information content (AvgIpc) is 1.65. The van der Waals surface area contributed by atoms with E-state index >= 15 is 0 Å². The number of fused-ring (bicyclic) bond motifs is 2. The van der Waals surface area contributed by atoms with Crippen LogP contribution in [0.4, 0.5) is 9.59 Å². The summed E-state index contributed by atoms with van der Waals surface area (Å²) in [6.45, 7) is 39.2. The van der Waals surface area contributed by atoms with Crippen LogP contribution in [-0.2, 0) is 42.7 Å². The summed E-state index contributed by atoms with van der Waals surface area (Å²) in [6.07, 6.45) is 9.33. The zero-order valence-electron chi connectivity index (χ0n) is 61.3. The van der Waals surface area contributed by atoms with E-state index in [1.165, 1.54) is 39.8 Å². The quantitative estimate of drug-likeness (QED) is 0.0239. The first kappa shape index (κ1) is 75.8. The number of carbonyl (C=O) groups is 4. The van der Waals surface area contributed by atoms with E-state index in [1.54, 1.807) is 13.8 Å². The van der Waals surface area contributed by atoms with Crippen molar-refractivity contribution in [2.24, 2.45) is 4.99 Å². The van der Waals surface area contributed by atoms with Crippen LogP contribution in [0.15, 0.2) is 127 Å². The number of likely N-dealkylation sites (N-methyl/N-ethyl adjacent to an activating group) is 2. The predicted molar refractivity (Wildman–Crippen MR) is 406 cm³/mol. The molecule has 528 valence electrons. The highest BCUT2D eigenvalue weighted by atomic mass is 32.1. The maximum Gasteiger partial charge on any atom is 0.414 e. The largest absolute Gasteiger partial charge is 0.447 e. The van der Waals surface area contributed by atoms with Crippen LogP contribution in [0, 0.1) is 27.7 Å². The third-order valence-electron chi connectivity index (χ3n) is 18.7. The second-order valence-electron chi connectivity index (χ2n) is 27.7. The molecule has 2 aliphatic heterocycles. The zero-order chi connectivity index (χ0) is 71.7. The van der Waals surface area contributed by atoms with Gasteiger partial charge in [0, 0.05) is 123 Å². The molecule has 2 saturated heterocycles. The number of aliphatic imine (C=N–C) groups is 1. The smallest absolute Gasteiger partial charge is 0.414 e. The van der Waals surface area contributed by atoms with E-state index in [0.29, 0.717) is 64.0 Å². The highest BCUT2D eigenvalue weighted by molar-refractivity contribution is 7.80. The Hall–Kier alpha value is -8.94. The summed E-state index contributed by atoms with van der Waals surface area (Å²) in [6, 6.07) is 34.0. The van der Waals surface area contributed by atoms with Crippen LogP contribution in [0.2, 0.25) is 0 Å². The van der Waals surface area contributed by atoms with Crippen molar-refractivity contribution in [2.75, 3.05) is 65.4 Å². The number of ether oxygens (including phenoxy) is 2. The highest BCUT2D eigenvalue weighted by Crippen LogP contribution is 2.38. The van der Waals surface area contributed by atoms with E-state index < -0.39 is 23.0 Å². The first-order valence-corrected chi connectivity index (χ1v) is 35.7. The molecule has 19 heteroatoms. The fourth-order valence-electron chi connectivity index (χ4n) is 13.5. The summed E-state index contributed by atoms with van der Waals surface area (Å²) in [5, 5.41) is 14.4. The lowest BCUT2D eigenvalue weighted by atomic mass is 9.82. The van der Waals surface area contributed by atoms with E-state index in [1.807, 2.05) is 110 Å². The van der Waals surface area contributed by atoms with Gasteiger partial charge in [-0.1, -0.05) is 46.5 Å². The predicted octanol–water partition coefficient (Wildman–Crippen LogP) is 14.8. The molecular weight excluding hydrogens is 1260 g/mol. The van der Waals surface area contributed by atoms with Gasteiger partial charge >= 0.3 is 12.2 Å². The third-order valence-corrected chi connectivity index (χ3v) is 19.0. The van der Waals surface area contributed by atoms with Gasteiger partial charge in [0.1, 0.15) is 0 Å². The Balaban J connectivity index is 0.000000221. The number of pyridine rings is 2. The van der Waals surface area contributed by atoms with Crippen LogP contribution in [0.5, 0.6) is 0 Å². The second kappa shape index (κ2) is 34.7. The van der Waals surface area contributed by atoms with Crippen molar-refractivity contribution in [3.63, 3.8) is 0 Å². The van der Waals surface area contributed by atoms with Gasteiger partial charge in [-0.05, 0) is 278 Å². The Morgan fingerprint density at radius 3 is 1.48 bits per heavy atom. The van der Waals surface area contributed by atoms with Crippen molar-refractivity contribution in [1.29, 1.82) is 0 Å². The van der Waals surface area contributed by atoms with E-state index in [0.717, 1.165) is 105 Å². The standard InChI is InChI=1S/C40H52N6O3.C31H42N4O3S.C9H12N2/c1-9-45(10-2)37(47)40(7,8)32-11-12-35-34(24-32)33(36(43-35)31-22-27(5)21-28(6)23-31)15-19-42-38(44-39(48)49-26(3)4)46-20-16-30(25-46)29-13-17-41-18-14-29;1-9-35(10-2)28(36)31(7,8)23-11-12-26-25(18-23)24(13-14-32-29(39)34-30(37)38-19(3)4)27(33-26)22-16-20(5)15-21(6)17-22;1-4-10-5-2-8(1)9-3-6-11-7-9/h11-14,17-18,21-24,26,30,43H,9-10,15-16,19-20,25H2,1-8H3,(H,42,44,48);11-12,15-19,33H,9-10,13-14H2,1-8H3,(H2,32,34,37,39);1-2,4-5,9,11H,3,6-7H2. The number of carbonyl (C=O) groups excluding carboxylic acids is 4. The summed E-state index contributed by atoms with van der Waals surface area (Å²) in [7, 11) is 0. The molecule has 2 fully saturated rings. The van der Waals surface area contributed by atoms with Gasteiger partial charge in [0.05, 0.1) is 23.0 Å². The Morgan fingerprint density at radius 2 is 1.05 bits per heavy atom. The average molecular weight is 1360 g/mol. The van der Waals surface area contributed by atoms with Gasteiger partial charge in [-0.25, -0.2) is 9.59 Å². The molecule has 4 aromatic carbocycles. The number of nitrogens with one attached hydrogen (secondary N) is 6. The number of hydrogen-bond donors (Lipinski definition) is 6. The molecule has 8 aromatic rings. The lowest BCUT2D eigenvalue weighted by molar-refractivity contribution is -0.136. The summed E-state index contributed by atoms with van der Waals surface area (Å²) in [5.41, 5.74) is 16.6. The van der Waals surface area contributed by atoms with Crippen LogP contribution in [-0.4, -0.2) is 147 Å². The van der Waals surface area contributed by atoms with Crippen LogP contribution in [0.25, 0.3) is 44.3 Å². The first-order chi connectivity index (χ1) is 47.2. The van der Waals surface area contributed by atoms with E-state index in [4.69, 9.17) is 26.7 Å². The molecule has 0 spiro atoms. The Kier molecular flexibility index (Phi) is 26.6. The van der Waals surface area contributed by atoms with Crippen molar-refractivity contribution in [3.05, 3.63) is 177 Å². The molecule has 99 heavy (non-hydrogen) atoms. The minimum Gasteiger partial charge on any atom is -0.447 e. The van der Waals surface area contributed by atoms with Crippen molar-refractivity contribution >= 4 is 69.1 Å². The normalized spacial score (nSPS) is 14.7. The molecule has 0 bridgehead atoms. The van der Waals surface area contributed by atoms with Gasteiger partial charge in [0.25, 0.3) is 0 Å². The Morgan fingerprint density at radius 1 is 0.606 bits per heavy atom. The molecule has 0 radical (unpaired) electrons. The summed E-state index contributed by atoms with van der Waals surface area (Å²) >= 11 is 5.31. The van der Waals surface area contributed by atoms with Crippen LogP contribution in [0.1, 0.15) is 163 Å². The van der Waals surface area contributed by atoms with E-state index in [-0.39, 0.29) is 29.1 Å². The van der Waals surface area contributed by atoms with Crippen LogP contribution in [0.3, 0.4) is 0 Å². The number of benzene rings is 4. The lowest BCUT2D eigenvalue weighted by Gasteiger charge is -2.31. The van der Waals surface area contributed by atoms with Gasteiger partial charge in [-0.15, -0.1) is 0 Å². The number of amides is 4. The van der Waals surface area contributed by atoms with Gasteiger partial charge in [0.15, 0.2) is 5.11 Å². The fourth-order valence-corrected chi connectivity index (χ4v) is 13.7. The number of hydrogen-bond acceptors (Lipinski definition) is 11. The number of thiocarbonyl (C=S) groups is 1. The lowest BCUT2D eigenvalue weighted by Crippen LogP contribution is -2.44. The van der Waals surface area contributed by atoms with Gasteiger partial charge in [-0.2, -0.15) is 0 Å². The number of likely N-dealkylation sites (tertiary alicyclic amines) is 1. The maximum absolute atomic E-state index is 13.6. The molecule has 4 aromatic heterocycles. The SMILES string of the molecule is CCN(CC)C(=O)C(C)(C)c1ccc2[nH]c(-c3cc(C)cc(C)c3)c(CCN=C(NC(=O)OC(C)C)N3CCC(c4ccncc4)C3)c2c1.CCN(CC)C(=O)C(C)(C)c1ccc2[nH]c(-c3cc(C)cc(C)c3)c(CCNC(=S)NC(=O)OC(C)C)c2c1.c1cc(C2CCNC2)ccn1. The minimum absolute atomic E-state index is 0.116. The van der Waals surface area contributed by atoms with Crippen LogP contribution >= 0.6 is 12.2 Å². The number of alkyl carbamates (subject to hydrolysis) is 2. The van der Waals surface area contributed by atoms with Crippen molar-refractivity contribution < 1.29 is 28.7 Å². The van der Waals surface area contributed by atoms with Gasteiger partial charge in [0.2, 0.25) is 17.8 Å². The van der Waals surface area contributed by atoms with Crippen LogP contribution < -0.4 is 21.3 Å². The Labute approximate surface area is 592 Å². The van der Waals surface area contributed by atoms with E-state index in [9.17, 15) is 19.2 Å². The minimum atomic E-state index is -0.692. The maximum atomic E-state index is 13.6. The summed E-state index contributed by atoms with van der Waals surface area (Å²) < 4.78 is 10.6. The molecular formula is C80H106N12O6S. The first-order valence-electron chi connectivity index (χ1n) is 35.3. The number of aromatic nitrogens is 4. The fraction of sp³-hybridized carbons (Fsp3) is 0.450. The Bertz CT molecular complexity index is 4050. The number of aryl methyl sites for hydroxylation is 4. The van der Waals surface area contributed by atoms with E-state index in [2.05, 4.69) is 165 Å². The molecule has 6 heterocycles. The number of nitrogens with zero attached hydrogens (tertiary/aromatic N) is 6.